The van der Waals surface area contributed by atoms with Crippen molar-refractivity contribution >= 4 is 15.5 Å². The molecule has 0 bridgehead atoms. The topological polar surface area (TPSA) is 44.8 Å². The van der Waals surface area contributed by atoms with Crippen molar-refractivity contribution < 1.29 is 19.0 Å². The molecule has 0 atom stereocenters. The zero-order chi connectivity index (χ0) is 12.2. The monoisotopic (exact) mass is 246 g/mol. The van der Waals surface area contributed by atoms with Crippen molar-refractivity contribution in [3.63, 3.8) is 0 Å². The van der Waals surface area contributed by atoms with Crippen LogP contribution in [0.3, 0.4) is 0 Å². The number of carbonyl (C=O) groups is 1. The van der Waals surface area contributed by atoms with E-state index in [1.54, 1.807) is 27.2 Å². The normalized spacial score (nSPS) is 12.0. The Hall–Kier alpha value is -0.653. The van der Waals surface area contributed by atoms with E-state index in [-0.39, 0.29) is 21.8 Å². The number of esters is 1. The number of rotatable bonds is 9. The zero-order valence-electron chi connectivity index (χ0n) is 10.4. The Balaban J connectivity index is 3.30. The average Bonchev–Trinajstić information content (AvgIpc) is 2.29. The van der Waals surface area contributed by atoms with Crippen LogP contribution in [0.15, 0.2) is 12.2 Å². The van der Waals surface area contributed by atoms with Gasteiger partial charge in [0.25, 0.3) is 0 Å². The lowest BCUT2D eigenvalue weighted by Crippen LogP contribution is -2.15. The Morgan fingerprint density at radius 1 is 1.38 bits per heavy atom. The minimum atomic E-state index is -0.254. The molecule has 0 heterocycles. The van der Waals surface area contributed by atoms with Gasteiger partial charge in [0.05, 0.1) is 6.61 Å². The molecule has 0 aromatic rings. The Kier molecular flexibility index (Phi) is 10.4. The van der Waals surface area contributed by atoms with Crippen molar-refractivity contribution in [2.24, 2.45) is 0 Å². The van der Waals surface area contributed by atoms with Crippen LogP contribution in [-0.4, -0.2) is 42.6 Å². The second-order valence-corrected chi connectivity index (χ2v) is 5.41. The van der Waals surface area contributed by atoms with Gasteiger partial charge in [0.15, 0.2) is 6.29 Å². The van der Waals surface area contributed by atoms with E-state index in [1.165, 1.54) is 6.08 Å². The molecule has 0 fully saturated rings. The molecule has 16 heavy (non-hydrogen) atoms. The number of allylic oxidation sites excluding steroid dienone is 1. The van der Waals surface area contributed by atoms with Crippen molar-refractivity contribution in [2.75, 3.05) is 20.8 Å². The fraction of sp³-hybridized carbons (Fsp3) is 0.727. The molecule has 0 amide bonds. The lowest BCUT2D eigenvalue weighted by atomic mass is 10.5. The van der Waals surface area contributed by atoms with Crippen LogP contribution in [0.2, 0.25) is 12.1 Å². The molecular formula is C11H22O4Si. The SMILES string of the molecule is CC=CC(=O)OCCC[SiH2]CC(OC)OC. The highest BCUT2D eigenvalue weighted by atomic mass is 28.2. The largest absolute Gasteiger partial charge is 0.463 e. The molecule has 0 N–H and O–H groups in total. The molecule has 0 aromatic carbocycles. The predicted octanol–water partition coefficient (Wildman–Crippen LogP) is 1.12. The summed E-state index contributed by atoms with van der Waals surface area (Å²) in [6, 6.07) is 2.15. The van der Waals surface area contributed by atoms with Crippen molar-refractivity contribution in [3.8, 4) is 0 Å². The highest BCUT2D eigenvalue weighted by Crippen LogP contribution is 2.01. The summed E-state index contributed by atoms with van der Waals surface area (Å²) < 4.78 is 15.2. The second kappa shape index (κ2) is 10.9. The summed E-state index contributed by atoms with van der Waals surface area (Å²) in [5, 5.41) is 0. The van der Waals surface area contributed by atoms with Crippen LogP contribution in [0.25, 0.3) is 0 Å². The van der Waals surface area contributed by atoms with Crippen LogP contribution in [0.1, 0.15) is 13.3 Å². The lowest BCUT2D eigenvalue weighted by molar-refractivity contribution is -0.137. The van der Waals surface area contributed by atoms with Gasteiger partial charge in [-0.3, -0.25) is 0 Å². The summed E-state index contributed by atoms with van der Waals surface area (Å²) in [6.45, 7) is 2.31. The summed E-state index contributed by atoms with van der Waals surface area (Å²) in [4.78, 5) is 10.9. The second-order valence-electron chi connectivity index (χ2n) is 3.42. The van der Waals surface area contributed by atoms with Gasteiger partial charge in [0.1, 0.15) is 0 Å². The van der Waals surface area contributed by atoms with E-state index < -0.39 is 0 Å². The van der Waals surface area contributed by atoms with E-state index in [2.05, 4.69) is 0 Å². The van der Waals surface area contributed by atoms with Crippen LogP contribution < -0.4 is 0 Å². The number of hydrogen-bond acceptors (Lipinski definition) is 4. The Morgan fingerprint density at radius 3 is 2.62 bits per heavy atom. The Bertz CT molecular complexity index is 202. The van der Waals surface area contributed by atoms with Gasteiger partial charge in [0.2, 0.25) is 0 Å². The lowest BCUT2D eigenvalue weighted by Gasteiger charge is -2.12. The van der Waals surface area contributed by atoms with E-state index in [0.29, 0.717) is 6.61 Å². The molecule has 0 radical (unpaired) electrons. The third-order valence-corrected chi connectivity index (χ3v) is 4.04. The van der Waals surface area contributed by atoms with Gasteiger partial charge in [-0.25, -0.2) is 4.79 Å². The van der Waals surface area contributed by atoms with Crippen LogP contribution in [0.5, 0.6) is 0 Å². The first-order chi connectivity index (χ1) is 7.74. The van der Waals surface area contributed by atoms with Crippen LogP contribution in [0.4, 0.5) is 0 Å². The molecule has 0 saturated heterocycles. The maximum absolute atomic E-state index is 10.9. The van der Waals surface area contributed by atoms with E-state index in [4.69, 9.17) is 14.2 Å². The van der Waals surface area contributed by atoms with Gasteiger partial charge in [0, 0.05) is 29.8 Å². The molecule has 4 nitrogen and oxygen atoms in total. The van der Waals surface area contributed by atoms with Crippen molar-refractivity contribution in [1.29, 1.82) is 0 Å². The van der Waals surface area contributed by atoms with E-state index >= 15 is 0 Å². The van der Waals surface area contributed by atoms with Gasteiger partial charge in [-0.05, 0) is 19.4 Å². The van der Waals surface area contributed by atoms with Crippen molar-refractivity contribution in [3.05, 3.63) is 12.2 Å². The molecule has 0 unspecified atom stereocenters. The fourth-order valence-electron chi connectivity index (χ4n) is 1.28. The average molecular weight is 246 g/mol. The van der Waals surface area contributed by atoms with Gasteiger partial charge in [-0.2, -0.15) is 0 Å². The smallest absolute Gasteiger partial charge is 0.330 e. The van der Waals surface area contributed by atoms with Crippen LogP contribution in [-0.2, 0) is 19.0 Å². The number of carbonyl (C=O) groups excluding carboxylic acids is 1. The molecule has 94 valence electrons. The minimum absolute atomic E-state index is 0.0581. The maximum atomic E-state index is 10.9. The molecule has 0 aromatic heterocycles. The third kappa shape index (κ3) is 8.64. The molecule has 0 aliphatic rings. The first kappa shape index (κ1) is 15.3. The zero-order valence-corrected chi connectivity index (χ0v) is 11.8. The Morgan fingerprint density at radius 2 is 2.06 bits per heavy atom. The molecule has 0 aliphatic heterocycles. The molecule has 5 heteroatoms. The molecule has 0 spiro atoms. The highest BCUT2D eigenvalue weighted by Gasteiger charge is 2.04. The molecule has 0 aliphatic carbocycles. The summed E-state index contributed by atoms with van der Waals surface area (Å²) in [5.41, 5.74) is 0. The van der Waals surface area contributed by atoms with Crippen LogP contribution in [0, 0.1) is 0 Å². The maximum Gasteiger partial charge on any atom is 0.330 e. The van der Waals surface area contributed by atoms with E-state index in [0.717, 1.165) is 18.5 Å². The van der Waals surface area contributed by atoms with Gasteiger partial charge >= 0.3 is 5.97 Å². The fourth-order valence-corrected chi connectivity index (χ4v) is 2.93. The standard InChI is InChI=1S/C11H22O4Si/c1-4-6-10(12)15-7-5-8-16-9-11(13-2)14-3/h4,6,11H,5,7-9,16H2,1-3H3. The summed E-state index contributed by atoms with van der Waals surface area (Å²) in [5.74, 6) is -0.254. The van der Waals surface area contributed by atoms with Gasteiger partial charge < -0.3 is 14.2 Å². The first-order valence-corrected chi connectivity index (χ1v) is 7.59. The van der Waals surface area contributed by atoms with Gasteiger partial charge in [-0.15, -0.1) is 0 Å². The van der Waals surface area contributed by atoms with Crippen molar-refractivity contribution in [1.82, 2.24) is 0 Å². The highest BCUT2D eigenvalue weighted by molar-refractivity contribution is 6.35. The summed E-state index contributed by atoms with van der Waals surface area (Å²) in [7, 11) is 3.13. The van der Waals surface area contributed by atoms with Crippen LogP contribution >= 0.6 is 0 Å². The molecule has 0 saturated carbocycles. The minimum Gasteiger partial charge on any atom is -0.463 e. The number of ether oxygens (including phenoxy) is 3. The van der Waals surface area contributed by atoms with Gasteiger partial charge in [-0.1, -0.05) is 12.1 Å². The summed E-state index contributed by atoms with van der Waals surface area (Å²) >= 11 is 0. The Labute approximate surface area is 99.8 Å². The first-order valence-electron chi connectivity index (χ1n) is 5.59. The third-order valence-electron chi connectivity index (χ3n) is 2.16. The van der Waals surface area contributed by atoms with E-state index in [9.17, 15) is 4.79 Å². The number of methoxy groups -OCH3 is 2. The number of hydrogen-bond donors (Lipinski definition) is 0. The van der Waals surface area contributed by atoms with E-state index in [1.807, 2.05) is 0 Å². The molecular weight excluding hydrogens is 224 g/mol. The predicted molar refractivity (Wildman–Crippen MR) is 66.4 cm³/mol. The van der Waals surface area contributed by atoms with Crippen molar-refractivity contribution in [2.45, 2.75) is 31.7 Å². The quantitative estimate of drug-likeness (QED) is 0.201. The molecule has 0 rings (SSSR count). The summed E-state index contributed by atoms with van der Waals surface area (Å²) in [6.07, 6.45) is 4.00.